The minimum atomic E-state index is -1.73. The van der Waals surface area contributed by atoms with Crippen LogP contribution >= 0.6 is 0 Å². The number of hydrogen-bond donors (Lipinski definition) is 1. The summed E-state index contributed by atoms with van der Waals surface area (Å²) >= 11 is 0. The molecule has 156 valence electrons. The lowest BCUT2D eigenvalue weighted by molar-refractivity contribution is -0.143. The zero-order valence-electron chi connectivity index (χ0n) is 18.1. The normalized spacial score (nSPS) is 14.6. The molecular formula is C21H34N2O4Si. The maximum absolute atomic E-state index is 12.6. The molecule has 0 saturated carbocycles. The Morgan fingerprint density at radius 1 is 1.29 bits per heavy atom. The number of rotatable bonds is 8. The van der Waals surface area contributed by atoms with Crippen LogP contribution in [0, 0.1) is 0 Å². The van der Waals surface area contributed by atoms with Crippen molar-refractivity contribution in [3.63, 3.8) is 0 Å². The van der Waals surface area contributed by atoms with Gasteiger partial charge in [-0.1, -0.05) is 20.8 Å². The van der Waals surface area contributed by atoms with Gasteiger partial charge in [0.2, 0.25) is 0 Å². The second-order valence-corrected chi connectivity index (χ2v) is 13.5. The third-order valence-corrected chi connectivity index (χ3v) is 10.1. The van der Waals surface area contributed by atoms with Crippen LogP contribution in [0.5, 0.6) is 0 Å². The molecule has 1 heterocycles. The molecule has 0 unspecified atom stereocenters. The van der Waals surface area contributed by atoms with Crippen molar-refractivity contribution >= 4 is 25.9 Å². The molecule has 1 amide bonds. The van der Waals surface area contributed by atoms with E-state index in [9.17, 15) is 9.59 Å². The molecule has 0 atom stereocenters. The Balaban J connectivity index is 1.91. The lowest BCUT2D eigenvalue weighted by Crippen LogP contribution is -2.42. The number of amides is 1. The number of esters is 1. The van der Waals surface area contributed by atoms with Crippen molar-refractivity contribution in [3.05, 3.63) is 29.3 Å². The summed E-state index contributed by atoms with van der Waals surface area (Å²) in [6.07, 6.45) is 0.733. The molecule has 0 aromatic heterocycles. The molecule has 1 aromatic rings. The van der Waals surface area contributed by atoms with Gasteiger partial charge in [-0.2, -0.15) is 0 Å². The number of benzene rings is 1. The van der Waals surface area contributed by atoms with Gasteiger partial charge in [0.15, 0.2) is 8.32 Å². The highest BCUT2D eigenvalue weighted by atomic mass is 28.4. The van der Waals surface area contributed by atoms with E-state index in [2.05, 4.69) is 39.2 Å². The molecule has 2 rings (SSSR count). The molecule has 1 aliphatic rings. The van der Waals surface area contributed by atoms with Crippen LogP contribution in [0.15, 0.2) is 18.2 Å². The van der Waals surface area contributed by atoms with Crippen LogP contribution in [0.3, 0.4) is 0 Å². The molecular weight excluding hydrogens is 372 g/mol. The average Bonchev–Trinajstić information content (AvgIpc) is 2.60. The van der Waals surface area contributed by atoms with E-state index in [-0.39, 0.29) is 23.5 Å². The lowest BCUT2D eigenvalue weighted by atomic mass is 9.98. The van der Waals surface area contributed by atoms with Gasteiger partial charge in [-0.05, 0) is 55.2 Å². The summed E-state index contributed by atoms with van der Waals surface area (Å²) < 4.78 is 11.1. The van der Waals surface area contributed by atoms with Crippen molar-refractivity contribution in [1.82, 2.24) is 4.90 Å². The highest BCUT2D eigenvalue weighted by Gasteiger charge is 2.36. The Labute approximate surface area is 169 Å². The average molecular weight is 407 g/mol. The Hall–Kier alpha value is -1.86. The largest absolute Gasteiger partial charge is 0.465 e. The van der Waals surface area contributed by atoms with Gasteiger partial charge in [0, 0.05) is 24.3 Å². The molecule has 0 saturated heterocycles. The van der Waals surface area contributed by atoms with Crippen molar-refractivity contribution in [2.45, 2.75) is 52.2 Å². The minimum absolute atomic E-state index is 0.0108. The number of nitrogens with one attached hydrogen (secondary N) is 1. The second kappa shape index (κ2) is 9.09. The smallest absolute Gasteiger partial charge is 0.325 e. The molecule has 28 heavy (non-hydrogen) atoms. The van der Waals surface area contributed by atoms with E-state index in [1.807, 2.05) is 18.2 Å². The van der Waals surface area contributed by atoms with Crippen molar-refractivity contribution in [3.8, 4) is 0 Å². The Bertz CT molecular complexity index is 713. The predicted molar refractivity (Wildman–Crippen MR) is 114 cm³/mol. The van der Waals surface area contributed by atoms with Crippen molar-refractivity contribution in [2.24, 2.45) is 0 Å². The fourth-order valence-corrected chi connectivity index (χ4v) is 3.92. The quantitative estimate of drug-likeness (QED) is 0.405. The first-order chi connectivity index (χ1) is 13.0. The van der Waals surface area contributed by atoms with Crippen LogP contribution in [0.25, 0.3) is 0 Å². The Kier molecular flexibility index (Phi) is 7.28. The van der Waals surface area contributed by atoms with E-state index in [0.717, 1.165) is 24.2 Å². The fourth-order valence-electron chi connectivity index (χ4n) is 2.88. The van der Waals surface area contributed by atoms with Gasteiger partial charge in [-0.3, -0.25) is 9.59 Å². The number of nitrogens with zero attached hydrogens (tertiary/aromatic N) is 1. The number of hydrogen-bond acceptors (Lipinski definition) is 5. The van der Waals surface area contributed by atoms with Crippen LogP contribution in [0.1, 0.15) is 43.6 Å². The van der Waals surface area contributed by atoms with Gasteiger partial charge in [0.25, 0.3) is 5.91 Å². The first-order valence-corrected chi connectivity index (χ1v) is 12.9. The summed E-state index contributed by atoms with van der Waals surface area (Å²) in [6, 6.07) is 5.78. The molecule has 7 heteroatoms. The number of fused-ring (bicyclic) bond motifs is 1. The van der Waals surface area contributed by atoms with Gasteiger partial charge < -0.3 is 19.4 Å². The first-order valence-electron chi connectivity index (χ1n) is 10.0. The van der Waals surface area contributed by atoms with Crippen LogP contribution in [-0.4, -0.2) is 57.9 Å². The molecule has 0 bridgehead atoms. The van der Waals surface area contributed by atoms with Crippen LogP contribution in [0.4, 0.5) is 5.69 Å². The lowest BCUT2D eigenvalue weighted by Gasteiger charge is -2.36. The van der Waals surface area contributed by atoms with Crippen molar-refractivity contribution in [2.75, 3.05) is 38.2 Å². The fraction of sp³-hybridized carbons (Fsp3) is 0.619. The standard InChI is InChI=1S/C21H34N2O4Si/c1-7-26-19(24)15-23-12-10-16-14-17(8-9-18(16)20(23)25)22-11-13-27-28(5,6)21(2,3)4/h8-9,14,22H,7,10-13,15H2,1-6H3. The second-order valence-electron chi connectivity index (χ2n) is 8.69. The molecule has 0 aliphatic carbocycles. The number of ether oxygens (including phenoxy) is 1. The highest BCUT2D eigenvalue weighted by molar-refractivity contribution is 6.74. The third kappa shape index (κ3) is 5.58. The molecule has 0 radical (unpaired) electrons. The zero-order chi connectivity index (χ0) is 20.9. The third-order valence-electron chi connectivity index (χ3n) is 5.60. The summed E-state index contributed by atoms with van der Waals surface area (Å²) in [7, 11) is -1.73. The van der Waals surface area contributed by atoms with E-state index in [1.54, 1.807) is 11.8 Å². The van der Waals surface area contributed by atoms with Crippen LogP contribution < -0.4 is 5.32 Å². The zero-order valence-corrected chi connectivity index (χ0v) is 19.1. The molecule has 1 aliphatic heterocycles. The van der Waals surface area contributed by atoms with Gasteiger partial charge in [-0.25, -0.2) is 0 Å². The van der Waals surface area contributed by atoms with Crippen molar-refractivity contribution in [1.29, 1.82) is 0 Å². The van der Waals surface area contributed by atoms with Gasteiger partial charge in [-0.15, -0.1) is 0 Å². The maximum atomic E-state index is 12.6. The van der Waals surface area contributed by atoms with Crippen LogP contribution in [0.2, 0.25) is 18.1 Å². The summed E-state index contributed by atoms with van der Waals surface area (Å²) in [5.41, 5.74) is 2.67. The van der Waals surface area contributed by atoms with Crippen molar-refractivity contribution < 1.29 is 18.8 Å². The SMILES string of the molecule is CCOC(=O)CN1CCc2cc(NCCO[Si](C)(C)C(C)(C)C)ccc2C1=O. The van der Waals surface area contributed by atoms with E-state index >= 15 is 0 Å². The molecule has 1 N–H and O–H groups in total. The monoisotopic (exact) mass is 406 g/mol. The first kappa shape index (κ1) is 22.4. The highest BCUT2D eigenvalue weighted by Crippen LogP contribution is 2.36. The summed E-state index contributed by atoms with van der Waals surface area (Å²) in [4.78, 5) is 25.8. The summed E-state index contributed by atoms with van der Waals surface area (Å²) in [6.45, 7) is 15.2. The van der Waals surface area contributed by atoms with E-state index in [4.69, 9.17) is 9.16 Å². The number of anilines is 1. The minimum Gasteiger partial charge on any atom is -0.465 e. The molecule has 0 spiro atoms. The summed E-state index contributed by atoms with van der Waals surface area (Å²) in [5, 5.41) is 3.59. The molecule has 1 aromatic carbocycles. The van der Waals surface area contributed by atoms with Gasteiger partial charge in [0.1, 0.15) is 6.54 Å². The van der Waals surface area contributed by atoms with E-state index in [1.165, 1.54) is 0 Å². The maximum Gasteiger partial charge on any atom is 0.325 e. The van der Waals surface area contributed by atoms with E-state index in [0.29, 0.717) is 25.3 Å². The number of carbonyl (C=O) groups is 2. The summed E-state index contributed by atoms with van der Waals surface area (Å²) in [5.74, 6) is -0.471. The number of carbonyl (C=O) groups excluding carboxylic acids is 2. The Morgan fingerprint density at radius 2 is 2.00 bits per heavy atom. The topological polar surface area (TPSA) is 67.9 Å². The van der Waals surface area contributed by atoms with E-state index < -0.39 is 8.32 Å². The molecule has 0 fully saturated rings. The predicted octanol–water partition coefficient (Wildman–Crippen LogP) is 3.68. The van der Waals surface area contributed by atoms with Gasteiger partial charge >= 0.3 is 5.97 Å². The molecule has 6 nitrogen and oxygen atoms in total. The van der Waals surface area contributed by atoms with Gasteiger partial charge in [0.05, 0.1) is 13.2 Å². The van der Waals surface area contributed by atoms with Crippen LogP contribution in [-0.2, 0) is 20.4 Å². The Morgan fingerprint density at radius 3 is 2.64 bits per heavy atom.